The van der Waals surface area contributed by atoms with E-state index in [0.717, 1.165) is 21.5 Å². The topological polar surface area (TPSA) is 99.8 Å². The Morgan fingerprint density at radius 2 is 2.05 bits per heavy atom. The van der Waals surface area contributed by atoms with Crippen LogP contribution in [0.25, 0.3) is 15.7 Å². The largest absolute Gasteiger partial charge is 0.329 e. The molecular formula is C11H16N8S. The molecule has 20 heavy (non-hydrogen) atoms. The summed E-state index contributed by atoms with van der Waals surface area (Å²) in [4.78, 5) is 0.762. The van der Waals surface area contributed by atoms with Gasteiger partial charge in [0, 0.05) is 12.0 Å². The van der Waals surface area contributed by atoms with E-state index >= 15 is 0 Å². The van der Waals surface area contributed by atoms with E-state index in [-0.39, 0.29) is 5.41 Å². The summed E-state index contributed by atoms with van der Waals surface area (Å²) in [6.07, 6.45) is 1.84. The summed E-state index contributed by atoms with van der Waals surface area (Å²) >= 11 is 1.45. The van der Waals surface area contributed by atoms with Crippen LogP contribution in [0.4, 0.5) is 0 Å². The van der Waals surface area contributed by atoms with Crippen molar-refractivity contribution in [3.05, 3.63) is 12.0 Å². The maximum atomic E-state index is 5.50. The number of rotatable bonds is 3. The quantitative estimate of drug-likeness (QED) is 0.762. The van der Waals surface area contributed by atoms with Crippen LogP contribution in [-0.2, 0) is 12.0 Å². The van der Waals surface area contributed by atoms with Crippen LogP contribution in [0.2, 0.25) is 0 Å². The molecule has 3 aromatic rings. The van der Waals surface area contributed by atoms with Crippen molar-refractivity contribution in [2.45, 2.75) is 32.7 Å². The maximum Gasteiger partial charge on any atom is 0.235 e. The molecule has 0 aliphatic heterocycles. The average Bonchev–Trinajstić information content (AvgIpc) is 2.98. The van der Waals surface area contributed by atoms with Gasteiger partial charge in [0.05, 0.1) is 12.7 Å². The summed E-state index contributed by atoms with van der Waals surface area (Å²) in [6.45, 7) is 7.42. The van der Waals surface area contributed by atoms with E-state index in [4.69, 9.17) is 5.73 Å². The van der Waals surface area contributed by atoms with Crippen molar-refractivity contribution >= 4 is 16.3 Å². The zero-order valence-electron chi connectivity index (χ0n) is 11.6. The van der Waals surface area contributed by atoms with Crippen molar-refractivity contribution < 1.29 is 0 Å². The first-order chi connectivity index (χ1) is 9.49. The average molecular weight is 292 g/mol. The molecule has 3 aromatic heterocycles. The molecule has 0 spiro atoms. The number of hydrogen-bond acceptors (Lipinski definition) is 7. The van der Waals surface area contributed by atoms with Gasteiger partial charge in [-0.1, -0.05) is 37.3 Å². The van der Waals surface area contributed by atoms with Crippen LogP contribution in [-0.4, -0.2) is 41.4 Å². The van der Waals surface area contributed by atoms with Gasteiger partial charge in [0.15, 0.2) is 10.8 Å². The summed E-state index contributed by atoms with van der Waals surface area (Å²) in [5, 5.41) is 21.8. The molecule has 0 atom stereocenters. The first-order valence-electron chi connectivity index (χ1n) is 6.32. The van der Waals surface area contributed by atoms with Crippen molar-refractivity contribution in [3.8, 4) is 10.7 Å². The molecule has 0 fully saturated rings. The second-order valence-electron chi connectivity index (χ2n) is 5.53. The molecule has 2 N–H and O–H groups in total. The van der Waals surface area contributed by atoms with E-state index in [2.05, 4.69) is 46.4 Å². The number of fused-ring (bicyclic) bond motifs is 1. The predicted molar refractivity (Wildman–Crippen MR) is 75.4 cm³/mol. The molecule has 8 nitrogen and oxygen atoms in total. The molecule has 106 valence electrons. The van der Waals surface area contributed by atoms with Crippen LogP contribution < -0.4 is 5.73 Å². The number of nitrogens with zero attached hydrogens (tertiary/aromatic N) is 7. The zero-order valence-corrected chi connectivity index (χ0v) is 12.4. The fourth-order valence-corrected chi connectivity index (χ4v) is 2.62. The summed E-state index contributed by atoms with van der Waals surface area (Å²) in [5.74, 6) is 0.837. The van der Waals surface area contributed by atoms with Crippen LogP contribution in [0.1, 0.15) is 26.6 Å². The van der Waals surface area contributed by atoms with Gasteiger partial charge in [-0.2, -0.15) is 9.61 Å². The van der Waals surface area contributed by atoms with E-state index in [1.54, 1.807) is 9.20 Å². The first kappa shape index (κ1) is 13.1. The smallest absolute Gasteiger partial charge is 0.235 e. The molecule has 0 aromatic carbocycles. The van der Waals surface area contributed by atoms with Crippen molar-refractivity contribution in [1.29, 1.82) is 0 Å². The molecule has 0 saturated heterocycles. The normalized spacial score (nSPS) is 12.4. The molecule has 0 aliphatic carbocycles. The zero-order chi connectivity index (χ0) is 14.3. The highest BCUT2D eigenvalue weighted by Crippen LogP contribution is 2.27. The Labute approximate surface area is 119 Å². The lowest BCUT2D eigenvalue weighted by atomic mass is 9.96. The summed E-state index contributed by atoms with van der Waals surface area (Å²) in [6, 6.07) is 0. The summed E-state index contributed by atoms with van der Waals surface area (Å²) in [7, 11) is 0. The number of hydrogen-bond donors (Lipinski definition) is 1. The summed E-state index contributed by atoms with van der Waals surface area (Å²) in [5.41, 5.74) is 6.12. The highest BCUT2D eigenvalue weighted by molar-refractivity contribution is 7.19. The Hall–Kier alpha value is -1.87. The van der Waals surface area contributed by atoms with Gasteiger partial charge in [0.25, 0.3) is 0 Å². The Kier molecular flexibility index (Phi) is 3.02. The molecule has 0 saturated carbocycles. The summed E-state index contributed by atoms with van der Waals surface area (Å²) < 4.78 is 3.49. The lowest BCUT2D eigenvalue weighted by Crippen LogP contribution is -2.16. The van der Waals surface area contributed by atoms with Crippen LogP contribution in [0.3, 0.4) is 0 Å². The van der Waals surface area contributed by atoms with Crippen LogP contribution in [0.15, 0.2) is 6.20 Å². The van der Waals surface area contributed by atoms with Crippen LogP contribution >= 0.6 is 11.3 Å². The fraction of sp³-hybridized carbons (Fsp3) is 0.545. The molecule has 9 heteroatoms. The van der Waals surface area contributed by atoms with E-state index in [1.165, 1.54) is 11.3 Å². The van der Waals surface area contributed by atoms with Gasteiger partial charge in [-0.3, -0.25) is 4.68 Å². The maximum absolute atomic E-state index is 5.50. The molecular weight excluding hydrogens is 276 g/mol. The van der Waals surface area contributed by atoms with Gasteiger partial charge in [0.2, 0.25) is 4.96 Å². The number of nitrogens with two attached hydrogens (primary N) is 1. The third-order valence-electron chi connectivity index (χ3n) is 2.78. The second-order valence-corrected chi connectivity index (χ2v) is 6.49. The van der Waals surface area contributed by atoms with E-state index < -0.39 is 0 Å². The Balaban J connectivity index is 2.02. The van der Waals surface area contributed by atoms with Gasteiger partial charge in [-0.25, -0.2) is 0 Å². The molecule has 0 radical (unpaired) electrons. The lowest BCUT2D eigenvalue weighted by Gasteiger charge is -2.13. The number of aromatic nitrogens is 7. The third-order valence-corrected chi connectivity index (χ3v) is 3.70. The van der Waals surface area contributed by atoms with Crippen LogP contribution in [0.5, 0.6) is 0 Å². The highest BCUT2D eigenvalue weighted by Gasteiger charge is 2.24. The Morgan fingerprint density at radius 3 is 2.75 bits per heavy atom. The molecule has 3 rings (SSSR count). The van der Waals surface area contributed by atoms with Crippen molar-refractivity contribution in [2.24, 2.45) is 5.73 Å². The van der Waals surface area contributed by atoms with Crippen LogP contribution in [0, 0.1) is 0 Å². The molecule has 0 unspecified atom stereocenters. The minimum absolute atomic E-state index is 0.109. The SMILES string of the molecule is CC(C)(C)c1nnc2sc(-c3cn(CCN)nn3)nn12. The van der Waals surface area contributed by atoms with Gasteiger partial charge < -0.3 is 5.73 Å². The van der Waals surface area contributed by atoms with Gasteiger partial charge in [-0.05, 0) is 0 Å². The Morgan fingerprint density at radius 1 is 1.25 bits per heavy atom. The molecule has 0 amide bonds. The molecule has 3 heterocycles. The highest BCUT2D eigenvalue weighted by atomic mass is 32.1. The first-order valence-corrected chi connectivity index (χ1v) is 7.14. The van der Waals surface area contributed by atoms with Crippen molar-refractivity contribution in [2.75, 3.05) is 6.54 Å². The molecule has 0 bridgehead atoms. The molecule has 0 aliphatic rings. The third kappa shape index (κ3) is 2.18. The van der Waals surface area contributed by atoms with E-state index in [9.17, 15) is 0 Å². The monoisotopic (exact) mass is 292 g/mol. The lowest BCUT2D eigenvalue weighted by molar-refractivity contribution is 0.528. The standard InChI is InChI=1S/C11H16N8S/c1-11(2,3)9-14-15-10-19(9)16-8(20-10)7-6-18(5-4-12)17-13-7/h6H,4-5,12H2,1-3H3. The minimum atomic E-state index is -0.109. The Bertz CT molecular complexity index is 731. The predicted octanol–water partition coefficient (Wildman–Crippen LogP) is 0.700. The van der Waals surface area contributed by atoms with Crippen molar-refractivity contribution in [3.63, 3.8) is 0 Å². The van der Waals surface area contributed by atoms with Gasteiger partial charge in [-0.15, -0.1) is 15.3 Å². The van der Waals surface area contributed by atoms with Gasteiger partial charge >= 0.3 is 0 Å². The van der Waals surface area contributed by atoms with E-state index in [0.29, 0.717) is 13.1 Å². The minimum Gasteiger partial charge on any atom is -0.329 e. The van der Waals surface area contributed by atoms with E-state index in [1.807, 2.05) is 6.20 Å². The fourth-order valence-electron chi connectivity index (χ4n) is 1.83. The van der Waals surface area contributed by atoms with Gasteiger partial charge in [0.1, 0.15) is 5.69 Å². The second kappa shape index (κ2) is 4.60. The van der Waals surface area contributed by atoms with Crippen molar-refractivity contribution in [1.82, 2.24) is 34.8 Å².